The lowest BCUT2D eigenvalue weighted by molar-refractivity contribution is 0.0988. The second kappa shape index (κ2) is 5.50. The van der Waals surface area contributed by atoms with Gasteiger partial charge in [0.05, 0.1) is 7.11 Å². The number of rotatable bonds is 4. The highest BCUT2D eigenvalue weighted by Crippen LogP contribution is 2.31. The fraction of sp³-hybridized carbons (Fsp3) is 0.188. The zero-order valence-electron chi connectivity index (χ0n) is 10.6. The highest BCUT2D eigenvalue weighted by molar-refractivity contribution is 5.97. The lowest BCUT2D eigenvalue weighted by atomic mass is 9.99. The molecule has 0 saturated carbocycles. The second-order valence-electron chi connectivity index (χ2n) is 4.06. The van der Waals surface area contributed by atoms with Crippen molar-refractivity contribution in [2.45, 2.75) is 13.3 Å². The summed E-state index contributed by atoms with van der Waals surface area (Å²) >= 11 is 0. The fourth-order valence-electron chi connectivity index (χ4n) is 1.93. The molecule has 18 heavy (non-hydrogen) atoms. The van der Waals surface area contributed by atoms with E-state index < -0.39 is 0 Å². The molecule has 2 aromatic carbocycles. The molecule has 0 aliphatic rings. The van der Waals surface area contributed by atoms with E-state index in [9.17, 15) is 4.79 Å². The van der Waals surface area contributed by atoms with Crippen LogP contribution in [0.3, 0.4) is 0 Å². The Labute approximate surface area is 107 Å². The van der Waals surface area contributed by atoms with Crippen LogP contribution in [0.1, 0.15) is 23.7 Å². The molecule has 92 valence electrons. The van der Waals surface area contributed by atoms with Gasteiger partial charge in [0.1, 0.15) is 5.75 Å². The van der Waals surface area contributed by atoms with E-state index in [1.165, 1.54) is 0 Å². The fourth-order valence-corrected chi connectivity index (χ4v) is 1.93. The minimum Gasteiger partial charge on any atom is -0.496 e. The number of carbonyl (C=O) groups excluding carboxylic acids is 1. The van der Waals surface area contributed by atoms with Gasteiger partial charge < -0.3 is 4.74 Å². The molecule has 0 radical (unpaired) electrons. The van der Waals surface area contributed by atoms with Crippen molar-refractivity contribution in [3.05, 3.63) is 54.1 Å². The summed E-state index contributed by atoms with van der Waals surface area (Å²) in [4.78, 5) is 11.8. The van der Waals surface area contributed by atoms with Crippen molar-refractivity contribution in [3.8, 4) is 16.9 Å². The van der Waals surface area contributed by atoms with Crippen LogP contribution in [-0.4, -0.2) is 12.9 Å². The van der Waals surface area contributed by atoms with Crippen LogP contribution < -0.4 is 4.74 Å². The van der Waals surface area contributed by atoms with Gasteiger partial charge in [0, 0.05) is 17.5 Å². The van der Waals surface area contributed by atoms with Gasteiger partial charge in [0.15, 0.2) is 5.78 Å². The van der Waals surface area contributed by atoms with E-state index in [4.69, 9.17) is 4.74 Å². The molecule has 0 N–H and O–H groups in total. The Kier molecular flexibility index (Phi) is 3.78. The van der Waals surface area contributed by atoms with Gasteiger partial charge in [-0.15, -0.1) is 0 Å². The van der Waals surface area contributed by atoms with Crippen molar-refractivity contribution in [2.75, 3.05) is 7.11 Å². The van der Waals surface area contributed by atoms with Crippen molar-refractivity contribution in [3.63, 3.8) is 0 Å². The third-order valence-corrected chi connectivity index (χ3v) is 2.93. The molecule has 0 aliphatic carbocycles. The molecule has 0 atom stereocenters. The van der Waals surface area contributed by atoms with Crippen LogP contribution in [0.4, 0.5) is 0 Å². The maximum Gasteiger partial charge on any atom is 0.162 e. The topological polar surface area (TPSA) is 26.3 Å². The van der Waals surface area contributed by atoms with Crippen LogP contribution in [0, 0.1) is 0 Å². The highest BCUT2D eigenvalue weighted by atomic mass is 16.5. The highest BCUT2D eigenvalue weighted by Gasteiger charge is 2.10. The first-order valence-corrected chi connectivity index (χ1v) is 6.03. The zero-order valence-corrected chi connectivity index (χ0v) is 10.6. The molecule has 2 heteroatoms. The lowest BCUT2D eigenvalue weighted by Gasteiger charge is -2.10. The molecule has 0 unspecified atom stereocenters. The van der Waals surface area contributed by atoms with Crippen LogP contribution in [-0.2, 0) is 0 Å². The standard InChI is InChI=1S/C16H16O2/c1-3-15(17)13-9-10-16(18-2)14(11-13)12-7-5-4-6-8-12/h4-11H,3H2,1-2H3. The van der Waals surface area contributed by atoms with E-state index in [1.807, 2.05) is 55.5 Å². The maximum atomic E-state index is 11.8. The minimum absolute atomic E-state index is 0.148. The molecule has 0 aromatic heterocycles. The van der Waals surface area contributed by atoms with E-state index in [1.54, 1.807) is 7.11 Å². The number of methoxy groups -OCH3 is 1. The van der Waals surface area contributed by atoms with Gasteiger partial charge >= 0.3 is 0 Å². The molecule has 0 spiro atoms. The molecule has 0 aliphatic heterocycles. The van der Waals surface area contributed by atoms with Gasteiger partial charge in [0.25, 0.3) is 0 Å². The molecule has 2 rings (SSSR count). The summed E-state index contributed by atoms with van der Waals surface area (Å²) in [6.07, 6.45) is 0.514. The summed E-state index contributed by atoms with van der Waals surface area (Å²) in [7, 11) is 1.64. The third kappa shape index (κ3) is 2.43. The van der Waals surface area contributed by atoms with Crippen LogP contribution in [0.25, 0.3) is 11.1 Å². The number of benzene rings is 2. The van der Waals surface area contributed by atoms with Crippen LogP contribution >= 0.6 is 0 Å². The van der Waals surface area contributed by atoms with E-state index in [0.29, 0.717) is 6.42 Å². The smallest absolute Gasteiger partial charge is 0.162 e. The molecule has 0 amide bonds. The largest absolute Gasteiger partial charge is 0.496 e. The van der Waals surface area contributed by atoms with E-state index in [2.05, 4.69) is 0 Å². The summed E-state index contributed by atoms with van der Waals surface area (Å²) in [6, 6.07) is 15.5. The Morgan fingerprint density at radius 1 is 1.11 bits per heavy atom. The summed E-state index contributed by atoms with van der Waals surface area (Å²) in [5, 5.41) is 0. The number of hydrogen-bond acceptors (Lipinski definition) is 2. The Hall–Kier alpha value is -2.09. The summed E-state index contributed by atoms with van der Waals surface area (Å²) in [5.74, 6) is 0.934. The minimum atomic E-state index is 0.148. The molecule has 2 nitrogen and oxygen atoms in total. The Balaban J connectivity index is 2.53. The van der Waals surface area contributed by atoms with Gasteiger partial charge in [0.2, 0.25) is 0 Å². The summed E-state index contributed by atoms with van der Waals surface area (Å²) in [6.45, 7) is 1.87. The Morgan fingerprint density at radius 3 is 2.44 bits per heavy atom. The van der Waals surface area contributed by atoms with Crippen molar-refractivity contribution in [1.29, 1.82) is 0 Å². The maximum absolute atomic E-state index is 11.8. The average Bonchev–Trinajstić information content (AvgIpc) is 2.46. The molecule has 0 heterocycles. The summed E-state index contributed by atoms with van der Waals surface area (Å²) < 4.78 is 5.36. The Bertz CT molecular complexity index is 544. The third-order valence-electron chi connectivity index (χ3n) is 2.93. The monoisotopic (exact) mass is 240 g/mol. The van der Waals surface area contributed by atoms with Crippen molar-refractivity contribution in [1.82, 2.24) is 0 Å². The van der Waals surface area contributed by atoms with Crippen molar-refractivity contribution >= 4 is 5.78 Å². The second-order valence-corrected chi connectivity index (χ2v) is 4.06. The lowest BCUT2D eigenvalue weighted by Crippen LogP contribution is -1.98. The van der Waals surface area contributed by atoms with Crippen LogP contribution in [0.2, 0.25) is 0 Å². The molecule has 0 bridgehead atoms. The quantitative estimate of drug-likeness (QED) is 0.756. The zero-order chi connectivity index (χ0) is 13.0. The van der Waals surface area contributed by atoms with E-state index in [0.717, 1.165) is 22.4 Å². The number of ether oxygens (including phenoxy) is 1. The Morgan fingerprint density at radius 2 is 1.83 bits per heavy atom. The van der Waals surface area contributed by atoms with Gasteiger partial charge in [-0.1, -0.05) is 37.3 Å². The molecule has 0 fully saturated rings. The van der Waals surface area contributed by atoms with E-state index in [-0.39, 0.29) is 5.78 Å². The predicted molar refractivity (Wildman–Crippen MR) is 73.1 cm³/mol. The average molecular weight is 240 g/mol. The first-order chi connectivity index (χ1) is 8.76. The van der Waals surface area contributed by atoms with Crippen molar-refractivity contribution in [2.24, 2.45) is 0 Å². The molecule has 0 saturated heterocycles. The first-order valence-electron chi connectivity index (χ1n) is 6.03. The van der Waals surface area contributed by atoms with E-state index >= 15 is 0 Å². The van der Waals surface area contributed by atoms with Crippen molar-refractivity contribution < 1.29 is 9.53 Å². The number of carbonyl (C=O) groups is 1. The number of ketones is 1. The molecular weight excluding hydrogens is 224 g/mol. The van der Waals surface area contributed by atoms with Crippen LogP contribution in [0.5, 0.6) is 5.75 Å². The van der Waals surface area contributed by atoms with Crippen LogP contribution in [0.15, 0.2) is 48.5 Å². The number of hydrogen-bond donors (Lipinski definition) is 0. The summed E-state index contributed by atoms with van der Waals surface area (Å²) in [5.41, 5.74) is 2.75. The predicted octanol–water partition coefficient (Wildman–Crippen LogP) is 3.95. The first kappa shape index (κ1) is 12.4. The molecular formula is C16H16O2. The van der Waals surface area contributed by atoms with Gasteiger partial charge in [-0.05, 0) is 23.8 Å². The van der Waals surface area contributed by atoms with Gasteiger partial charge in [-0.3, -0.25) is 4.79 Å². The normalized spacial score (nSPS) is 10.1. The molecule has 2 aromatic rings. The van der Waals surface area contributed by atoms with Gasteiger partial charge in [-0.2, -0.15) is 0 Å². The SMILES string of the molecule is CCC(=O)c1ccc(OC)c(-c2ccccc2)c1. The van der Waals surface area contributed by atoms with Gasteiger partial charge in [-0.25, -0.2) is 0 Å². The number of Topliss-reactive ketones (excluding diaryl/α,β-unsaturated/α-hetero) is 1.